The lowest BCUT2D eigenvalue weighted by molar-refractivity contribution is -0.159. The molecule has 0 heterocycles. The third-order valence-corrected chi connectivity index (χ3v) is 4.41. The SMILES string of the molecule is C=C(C(=O)OCC)C(CC(=O)OCCOC(=O)CC(C(=C)C(=O)OCC)C(=O)OCC)C(=O)OCC. The van der Waals surface area contributed by atoms with Crippen LogP contribution in [0, 0.1) is 11.8 Å². The molecule has 0 aliphatic heterocycles. The first-order valence-corrected chi connectivity index (χ1v) is 11.4. The van der Waals surface area contributed by atoms with Crippen LogP contribution in [0.15, 0.2) is 24.3 Å². The molecular formula is C24H34O12. The molecule has 2 unspecified atom stereocenters. The Bertz CT molecular complexity index is 761. The van der Waals surface area contributed by atoms with Crippen LogP contribution in [0.4, 0.5) is 0 Å². The normalized spacial score (nSPS) is 11.8. The first kappa shape index (κ1) is 32.3. The largest absolute Gasteiger partial charge is 0.466 e. The summed E-state index contributed by atoms with van der Waals surface area (Å²) >= 11 is 0. The van der Waals surface area contributed by atoms with E-state index in [4.69, 9.17) is 28.4 Å². The van der Waals surface area contributed by atoms with E-state index in [0.717, 1.165) is 0 Å². The van der Waals surface area contributed by atoms with E-state index in [9.17, 15) is 28.8 Å². The summed E-state index contributed by atoms with van der Waals surface area (Å²) in [6.07, 6.45) is -1.09. The van der Waals surface area contributed by atoms with Crippen molar-refractivity contribution in [3.8, 4) is 0 Å². The second-order valence-electron chi connectivity index (χ2n) is 6.95. The molecule has 0 radical (unpaired) electrons. The van der Waals surface area contributed by atoms with Crippen molar-refractivity contribution in [2.24, 2.45) is 11.8 Å². The maximum Gasteiger partial charge on any atom is 0.334 e. The number of carbonyl (C=O) groups is 6. The highest BCUT2D eigenvalue weighted by Crippen LogP contribution is 2.20. The summed E-state index contributed by atoms with van der Waals surface area (Å²) < 4.78 is 29.3. The highest BCUT2D eigenvalue weighted by molar-refractivity contribution is 5.97. The fraction of sp³-hybridized carbons (Fsp3) is 0.583. The maximum atomic E-state index is 12.2. The lowest BCUT2D eigenvalue weighted by Gasteiger charge is -2.17. The highest BCUT2D eigenvalue weighted by Gasteiger charge is 2.32. The van der Waals surface area contributed by atoms with Gasteiger partial charge in [0.1, 0.15) is 13.2 Å². The molecule has 0 aromatic carbocycles. The molecule has 0 aromatic rings. The Morgan fingerprint density at radius 2 is 0.833 bits per heavy atom. The molecule has 0 fully saturated rings. The van der Waals surface area contributed by atoms with Gasteiger partial charge in [-0.25, -0.2) is 9.59 Å². The van der Waals surface area contributed by atoms with Gasteiger partial charge in [0.15, 0.2) is 0 Å². The molecule has 0 saturated heterocycles. The minimum Gasteiger partial charge on any atom is -0.466 e. The Labute approximate surface area is 209 Å². The van der Waals surface area contributed by atoms with Gasteiger partial charge in [-0.2, -0.15) is 0 Å². The van der Waals surface area contributed by atoms with Gasteiger partial charge >= 0.3 is 35.8 Å². The number of rotatable bonds is 17. The van der Waals surface area contributed by atoms with Gasteiger partial charge in [-0.15, -0.1) is 0 Å². The summed E-state index contributed by atoms with van der Waals surface area (Å²) in [6, 6.07) is 0. The minimum absolute atomic E-state index is 0.0197. The summed E-state index contributed by atoms with van der Waals surface area (Å²) in [5, 5.41) is 0. The monoisotopic (exact) mass is 514 g/mol. The van der Waals surface area contributed by atoms with E-state index >= 15 is 0 Å². The Balaban J connectivity index is 4.89. The highest BCUT2D eigenvalue weighted by atomic mass is 16.6. The zero-order valence-corrected chi connectivity index (χ0v) is 21.1. The third kappa shape index (κ3) is 11.6. The van der Waals surface area contributed by atoms with Crippen LogP contribution < -0.4 is 0 Å². The van der Waals surface area contributed by atoms with E-state index in [2.05, 4.69) is 13.2 Å². The number of esters is 6. The quantitative estimate of drug-likeness (QED) is 0.119. The van der Waals surface area contributed by atoms with Crippen molar-refractivity contribution in [2.45, 2.75) is 40.5 Å². The van der Waals surface area contributed by atoms with Gasteiger partial charge in [0.05, 0.1) is 51.1 Å². The Hall–Kier alpha value is -3.70. The summed E-state index contributed by atoms with van der Waals surface area (Å²) in [6.45, 7) is 12.7. The standard InChI is InChI=1S/C24H34O12/c1-7-31-21(27)15(5)17(23(29)33-9-3)13-19(25)35-11-12-36-20(26)14-18(24(30)34-10-4)16(6)22(28)32-8-2/h17-18H,5-14H2,1-4H3. The molecule has 0 rings (SSSR count). The third-order valence-electron chi connectivity index (χ3n) is 4.41. The van der Waals surface area contributed by atoms with Gasteiger partial charge in [-0.05, 0) is 27.7 Å². The lowest BCUT2D eigenvalue weighted by atomic mass is 9.97. The summed E-state index contributed by atoms with van der Waals surface area (Å²) in [5.41, 5.74) is -0.518. The van der Waals surface area contributed by atoms with Crippen molar-refractivity contribution in [1.29, 1.82) is 0 Å². The van der Waals surface area contributed by atoms with E-state index in [0.29, 0.717) is 0 Å². The first-order valence-electron chi connectivity index (χ1n) is 11.4. The molecule has 0 aliphatic carbocycles. The molecule has 0 spiro atoms. The van der Waals surface area contributed by atoms with Gasteiger partial charge in [-0.1, -0.05) is 13.2 Å². The summed E-state index contributed by atoms with van der Waals surface area (Å²) in [4.78, 5) is 72.5. The van der Waals surface area contributed by atoms with Gasteiger partial charge < -0.3 is 28.4 Å². The molecule has 0 aromatic heterocycles. The number of ether oxygens (including phenoxy) is 6. The van der Waals surface area contributed by atoms with Crippen LogP contribution in [0.25, 0.3) is 0 Å². The fourth-order valence-corrected chi connectivity index (χ4v) is 2.68. The molecular weight excluding hydrogens is 480 g/mol. The maximum absolute atomic E-state index is 12.2. The number of hydrogen-bond acceptors (Lipinski definition) is 12. The van der Waals surface area contributed by atoms with Crippen molar-refractivity contribution in [3.05, 3.63) is 24.3 Å². The second-order valence-corrected chi connectivity index (χ2v) is 6.95. The molecule has 0 amide bonds. The van der Waals surface area contributed by atoms with Crippen LogP contribution in [0.1, 0.15) is 40.5 Å². The molecule has 202 valence electrons. The van der Waals surface area contributed by atoms with Gasteiger partial charge in [0.25, 0.3) is 0 Å². The van der Waals surface area contributed by atoms with Crippen LogP contribution in [0.3, 0.4) is 0 Å². The van der Waals surface area contributed by atoms with E-state index in [-0.39, 0.29) is 50.8 Å². The molecule has 0 aliphatic rings. The van der Waals surface area contributed by atoms with Gasteiger partial charge in [0, 0.05) is 11.1 Å². The molecule has 12 heteroatoms. The Morgan fingerprint density at radius 3 is 1.11 bits per heavy atom. The van der Waals surface area contributed by atoms with Crippen molar-refractivity contribution >= 4 is 35.8 Å². The van der Waals surface area contributed by atoms with Crippen LogP contribution in [-0.4, -0.2) is 75.5 Å². The Kier molecular flexibility index (Phi) is 15.9. The van der Waals surface area contributed by atoms with E-state index in [1.807, 2.05) is 0 Å². The molecule has 12 nitrogen and oxygen atoms in total. The van der Waals surface area contributed by atoms with E-state index in [1.54, 1.807) is 27.7 Å². The zero-order chi connectivity index (χ0) is 27.7. The minimum atomic E-state index is -1.31. The number of hydrogen-bond donors (Lipinski definition) is 0. The van der Waals surface area contributed by atoms with Crippen molar-refractivity contribution in [3.63, 3.8) is 0 Å². The van der Waals surface area contributed by atoms with Gasteiger partial charge in [0.2, 0.25) is 0 Å². The molecule has 36 heavy (non-hydrogen) atoms. The zero-order valence-electron chi connectivity index (χ0n) is 21.1. The predicted molar refractivity (Wildman–Crippen MR) is 123 cm³/mol. The van der Waals surface area contributed by atoms with Crippen molar-refractivity contribution in [2.75, 3.05) is 39.6 Å². The average molecular weight is 515 g/mol. The summed E-state index contributed by atoms with van der Waals surface area (Å²) in [5.74, 6) is -7.76. The van der Waals surface area contributed by atoms with Crippen LogP contribution >= 0.6 is 0 Å². The van der Waals surface area contributed by atoms with Crippen LogP contribution in [0.5, 0.6) is 0 Å². The molecule has 2 atom stereocenters. The van der Waals surface area contributed by atoms with E-state index in [1.165, 1.54) is 0 Å². The fourth-order valence-electron chi connectivity index (χ4n) is 2.68. The average Bonchev–Trinajstić information content (AvgIpc) is 2.83. The molecule has 0 bridgehead atoms. The summed E-state index contributed by atoms with van der Waals surface area (Å²) in [7, 11) is 0. The smallest absolute Gasteiger partial charge is 0.334 e. The predicted octanol–water partition coefficient (Wildman–Crippen LogP) is 1.45. The lowest BCUT2D eigenvalue weighted by Crippen LogP contribution is -2.29. The second kappa shape index (κ2) is 17.7. The topological polar surface area (TPSA) is 158 Å². The van der Waals surface area contributed by atoms with Crippen molar-refractivity contribution in [1.82, 2.24) is 0 Å². The number of carbonyl (C=O) groups excluding carboxylic acids is 6. The van der Waals surface area contributed by atoms with E-state index < -0.39 is 60.5 Å². The first-order chi connectivity index (χ1) is 17.0. The van der Waals surface area contributed by atoms with Crippen LogP contribution in [0.2, 0.25) is 0 Å². The Morgan fingerprint density at radius 1 is 0.528 bits per heavy atom. The van der Waals surface area contributed by atoms with Crippen molar-refractivity contribution < 1.29 is 57.2 Å². The van der Waals surface area contributed by atoms with Gasteiger partial charge in [-0.3, -0.25) is 19.2 Å². The molecule has 0 N–H and O–H groups in total. The molecule has 0 saturated carbocycles. The van der Waals surface area contributed by atoms with Crippen LogP contribution in [-0.2, 0) is 57.2 Å².